The number of nitrogens with zero attached hydrogens (tertiary/aromatic N) is 2. The fourth-order valence-electron chi connectivity index (χ4n) is 2.79. The summed E-state index contributed by atoms with van der Waals surface area (Å²) in [6.45, 7) is 0.443. The first kappa shape index (κ1) is 17.4. The number of carbonyl (C=O) groups excluding carboxylic acids is 3. The van der Waals surface area contributed by atoms with E-state index in [1.54, 1.807) is 48.7 Å². The van der Waals surface area contributed by atoms with Crippen LogP contribution in [0.1, 0.15) is 23.2 Å². The third-order valence-electron chi connectivity index (χ3n) is 4.06. The van der Waals surface area contributed by atoms with Crippen molar-refractivity contribution in [3.05, 3.63) is 60.4 Å². The van der Waals surface area contributed by atoms with Crippen molar-refractivity contribution in [1.82, 2.24) is 20.7 Å². The summed E-state index contributed by atoms with van der Waals surface area (Å²) in [6.07, 6.45) is 4.43. The number of pyridine rings is 1. The fourth-order valence-corrected chi connectivity index (χ4v) is 2.79. The Morgan fingerprint density at radius 1 is 1.04 bits per heavy atom. The Hall–Kier alpha value is -3.42. The molecule has 1 atom stereocenters. The smallest absolute Gasteiger partial charge is 0.323 e. The molecule has 0 saturated carbocycles. The highest BCUT2D eigenvalue weighted by molar-refractivity contribution is 5.98. The van der Waals surface area contributed by atoms with Crippen LogP contribution in [0.3, 0.4) is 0 Å². The molecule has 1 aliphatic rings. The third kappa shape index (κ3) is 4.15. The summed E-state index contributed by atoms with van der Waals surface area (Å²) < 4.78 is 0. The summed E-state index contributed by atoms with van der Waals surface area (Å²) in [6, 6.07) is 10.9. The van der Waals surface area contributed by atoms with Crippen LogP contribution >= 0.6 is 0 Å². The van der Waals surface area contributed by atoms with Gasteiger partial charge in [-0.25, -0.2) is 10.2 Å². The van der Waals surface area contributed by atoms with Crippen molar-refractivity contribution >= 4 is 23.5 Å². The second-order valence-electron chi connectivity index (χ2n) is 5.83. The van der Waals surface area contributed by atoms with E-state index in [1.165, 1.54) is 11.1 Å². The van der Waals surface area contributed by atoms with Gasteiger partial charge in [-0.05, 0) is 37.1 Å². The number of benzene rings is 1. The first-order chi connectivity index (χ1) is 12.6. The number of hydrazine groups is 1. The molecule has 0 radical (unpaired) electrons. The molecule has 26 heavy (non-hydrogen) atoms. The predicted molar refractivity (Wildman–Crippen MR) is 95.0 cm³/mol. The monoisotopic (exact) mass is 353 g/mol. The van der Waals surface area contributed by atoms with Crippen molar-refractivity contribution in [2.45, 2.75) is 18.9 Å². The molecule has 3 N–H and O–H groups in total. The number of aromatic nitrogens is 1. The van der Waals surface area contributed by atoms with Crippen molar-refractivity contribution in [2.75, 3.05) is 11.9 Å². The molecule has 2 heterocycles. The molecule has 1 saturated heterocycles. The van der Waals surface area contributed by atoms with E-state index in [2.05, 4.69) is 21.2 Å². The van der Waals surface area contributed by atoms with Gasteiger partial charge in [0.1, 0.15) is 6.04 Å². The molecule has 3 rings (SSSR count). The van der Waals surface area contributed by atoms with E-state index >= 15 is 0 Å². The summed E-state index contributed by atoms with van der Waals surface area (Å²) in [4.78, 5) is 42.1. The molecular formula is C18H19N5O3. The highest BCUT2D eigenvalue weighted by atomic mass is 16.2. The van der Waals surface area contributed by atoms with Crippen LogP contribution in [0.5, 0.6) is 0 Å². The van der Waals surface area contributed by atoms with E-state index in [0.717, 1.165) is 0 Å². The highest BCUT2D eigenvalue weighted by Crippen LogP contribution is 2.19. The molecule has 2 aromatic rings. The molecule has 8 heteroatoms. The van der Waals surface area contributed by atoms with Crippen molar-refractivity contribution < 1.29 is 14.4 Å². The molecule has 0 aliphatic carbocycles. The van der Waals surface area contributed by atoms with Gasteiger partial charge in [0.05, 0.1) is 11.9 Å². The molecule has 8 nitrogen and oxygen atoms in total. The lowest BCUT2D eigenvalue weighted by atomic mass is 10.2. The molecular weight excluding hydrogens is 334 g/mol. The van der Waals surface area contributed by atoms with Gasteiger partial charge in [0, 0.05) is 18.3 Å². The molecule has 0 spiro atoms. The summed E-state index contributed by atoms with van der Waals surface area (Å²) >= 11 is 0. The number of hydrogen-bond acceptors (Lipinski definition) is 4. The lowest BCUT2D eigenvalue weighted by Crippen LogP contribution is -2.52. The molecule has 1 aliphatic heterocycles. The first-order valence-corrected chi connectivity index (χ1v) is 8.28. The Kier molecular flexibility index (Phi) is 5.43. The van der Waals surface area contributed by atoms with E-state index in [0.29, 0.717) is 30.6 Å². The Morgan fingerprint density at radius 2 is 1.85 bits per heavy atom. The van der Waals surface area contributed by atoms with Crippen molar-refractivity contribution in [2.24, 2.45) is 0 Å². The maximum atomic E-state index is 12.4. The van der Waals surface area contributed by atoms with Crippen molar-refractivity contribution in [3.63, 3.8) is 0 Å². The van der Waals surface area contributed by atoms with Gasteiger partial charge in [-0.1, -0.05) is 18.2 Å². The second kappa shape index (κ2) is 8.11. The normalized spacial score (nSPS) is 16.0. The van der Waals surface area contributed by atoms with Gasteiger partial charge in [-0.3, -0.25) is 20.0 Å². The molecule has 4 amide bonds. The first-order valence-electron chi connectivity index (χ1n) is 8.28. The van der Waals surface area contributed by atoms with E-state index in [-0.39, 0.29) is 5.91 Å². The number of urea groups is 1. The number of amides is 4. The standard InChI is InChI=1S/C18H19N5O3/c24-16(13-6-2-1-3-7-13)21-22-18(26)23-11-5-9-15(23)17(25)20-14-8-4-10-19-12-14/h1-4,6-8,10,12,15H,5,9,11H2,(H,20,25)(H,21,24)(H,22,26). The van der Waals surface area contributed by atoms with E-state index < -0.39 is 18.0 Å². The number of anilines is 1. The predicted octanol–water partition coefficient (Wildman–Crippen LogP) is 1.54. The minimum absolute atomic E-state index is 0.278. The minimum Gasteiger partial charge on any atom is -0.323 e. The molecule has 1 unspecified atom stereocenters. The minimum atomic E-state index is -0.594. The molecule has 134 valence electrons. The topological polar surface area (TPSA) is 103 Å². The number of rotatable bonds is 3. The second-order valence-corrected chi connectivity index (χ2v) is 5.83. The lowest BCUT2D eigenvalue weighted by Gasteiger charge is -2.24. The number of carbonyl (C=O) groups is 3. The molecule has 0 bridgehead atoms. The van der Waals surface area contributed by atoms with Crippen LogP contribution in [0.4, 0.5) is 10.5 Å². The van der Waals surface area contributed by atoms with Crippen LogP contribution in [0, 0.1) is 0 Å². The maximum absolute atomic E-state index is 12.4. The van der Waals surface area contributed by atoms with Gasteiger partial charge in [-0.2, -0.15) is 0 Å². The fraction of sp³-hybridized carbons (Fsp3) is 0.222. The summed E-state index contributed by atoms with van der Waals surface area (Å²) in [7, 11) is 0. The Balaban J connectivity index is 1.56. The molecule has 1 aromatic heterocycles. The molecule has 1 fully saturated rings. The summed E-state index contributed by atoms with van der Waals surface area (Å²) in [5, 5.41) is 2.75. The number of nitrogens with one attached hydrogen (secondary N) is 3. The van der Waals surface area contributed by atoms with Gasteiger partial charge in [0.2, 0.25) is 5.91 Å². The van der Waals surface area contributed by atoms with E-state index in [9.17, 15) is 14.4 Å². The van der Waals surface area contributed by atoms with Gasteiger partial charge in [0.15, 0.2) is 0 Å². The van der Waals surface area contributed by atoms with Crippen molar-refractivity contribution in [3.8, 4) is 0 Å². The van der Waals surface area contributed by atoms with Gasteiger partial charge < -0.3 is 10.2 Å². The van der Waals surface area contributed by atoms with Crippen LogP contribution in [0.2, 0.25) is 0 Å². The van der Waals surface area contributed by atoms with E-state index in [4.69, 9.17) is 0 Å². The van der Waals surface area contributed by atoms with Gasteiger partial charge in [-0.15, -0.1) is 0 Å². The quantitative estimate of drug-likeness (QED) is 0.728. The van der Waals surface area contributed by atoms with E-state index in [1.807, 2.05) is 0 Å². The SMILES string of the molecule is O=C(NNC(=O)N1CCCC1C(=O)Nc1cccnc1)c1ccccc1. The lowest BCUT2D eigenvalue weighted by molar-refractivity contribution is -0.119. The van der Waals surface area contributed by atoms with Crippen LogP contribution < -0.4 is 16.2 Å². The van der Waals surface area contributed by atoms with Crippen LogP contribution in [0.25, 0.3) is 0 Å². The Bertz CT molecular complexity index is 782. The van der Waals surface area contributed by atoms with Gasteiger partial charge in [0.25, 0.3) is 5.91 Å². The molecule has 1 aromatic carbocycles. The zero-order valence-corrected chi connectivity index (χ0v) is 14.0. The highest BCUT2D eigenvalue weighted by Gasteiger charge is 2.34. The average Bonchev–Trinajstić information content (AvgIpc) is 3.17. The van der Waals surface area contributed by atoms with Crippen molar-refractivity contribution in [1.29, 1.82) is 0 Å². The maximum Gasteiger partial charge on any atom is 0.336 e. The van der Waals surface area contributed by atoms with Crippen LogP contribution in [-0.4, -0.2) is 40.3 Å². The largest absolute Gasteiger partial charge is 0.336 e. The number of likely N-dealkylation sites (tertiary alicyclic amines) is 1. The average molecular weight is 353 g/mol. The Morgan fingerprint density at radius 3 is 2.58 bits per heavy atom. The number of hydrogen-bond donors (Lipinski definition) is 3. The van der Waals surface area contributed by atoms with Crippen LogP contribution in [0.15, 0.2) is 54.9 Å². The third-order valence-corrected chi connectivity index (χ3v) is 4.06. The van der Waals surface area contributed by atoms with Crippen LogP contribution in [-0.2, 0) is 4.79 Å². The summed E-state index contributed by atoms with van der Waals surface area (Å²) in [5.41, 5.74) is 5.73. The van der Waals surface area contributed by atoms with Gasteiger partial charge >= 0.3 is 6.03 Å². The zero-order chi connectivity index (χ0) is 18.4. The summed E-state index contributed by atoms with van der Waals surface area (Å²) in [5.74, 6) is -0.699. The zero-order valence-electron chi connectivity index (χ0n) is 14.0. The Labute approximate surface area is 150 Å².